The van der Waals surface area contributed by atoms with Crippen LogP contribution in [0.5, 0.6) is 0 Å². The Morgan fingerprint density at radius 3 is 2.06 bits per heavy atom. The van der Waals surface area contributed by atoms with E-state index in [0.29, 0.717) is 16.9 Å². The number of aryl methyl sites for hydroxylation is 1. The number of primary amides is 1. The second-order valence-electron chi connectivity index (χ2n) is 14.4. The molecule has 0 spiro atoms. The molecule has 6 N–H and O–H groups in total. The quantitative estimate of drug-likeness (QED) is 0.256. The van der Waals surface area contributed by atoms with Crippen molar-refractivity contribution in [1.82, 2.24) is 20.0 Å². The Labute approximate surface area is 294 Å². The normalized spacial score (nSPS) is 17.2. The molecule has 1 fully saturated rings. The van der Waals surface area contributed by atoms with Crippen LogP contribution in [0.1, 0.15) is 65.5 Å². The van der Waals surface area contributed by atoms with Crippen molar-refractivity contribution in [2.45, 2.75) is 103 Å². The molecule has 0 unspecified atom stereocenters. The highest BCUT2D eigenvalue weighted by Crippen LogP contribution is 2.26. The summed E-state index contributed by atoms with van der Waals surface area (Å²) in [7, 11) is 0. The minimum atomic E-state index is -1.56. The van der Waals surface area contributed by atoms with E-state index in [4.69, 9.17) is 20.9 Å². The smallest absolute Gasteiger partial charge is 0.418 e. The van der Waals surface area contributed by atoms with Gasteiger partial charge in [0.25, 0.3) is 5.91 Å². The number of nitrogens with one attached hydrogen (secondary N) is 1. The predicted molar refractivity (Wildman–Crippen MR) is 186 cm³/mol. The van der Waals surface area contributed by atoms with Crippen molar-refractivity contribution in [2.24, 2.45) is 11.5 Å². The van der Waals surface area contributed by atoms with Crippen LogP contribution in [0.4, 0.5) is 9.59 Å². The van der Waals surface area contributed by atoms with Gasteiger partial charge in [0.1, 0.15) is 24.4 Å². The number of carbonyl (C=O) groups excluding carboxylic acids is 5. The van der Waals surface area contributed by atoms with E-state index in [0.717, 1.165) is 5.56 Å². The first kappa shape index (κ1) is 39.9. The van der Waals surface area contributed by atoms with E-state index < -0.39 is 71.8 Å². The summed E-state index contributed by atoms with van der Waals surface area (Å²) in [5, 5.41) is 14.9. The number of amides is 5. The van der Waals surface area contributed by atoms with E-state index in [1.54, 1.807) is 71.9 Å². The van der Waals surface area contributed by atoms with Crippen LogP contribution in [-0.2, 0) is 36.9 Å². The molecule has 0 radical (unpaired) electrons. The Bertz CT molecular complexity index is 1460. The summed E-state index contributed by atoms with van der Waals surface area (Å²) < 4.78 is 11.2. The molecule has 2 aromatic carbocycles. The fraction of sp³-hybridized carbons (Fsp3) is 0.528. The third kappa shape index (κ3) is 12.1. The van der Waals surface area contributed by atoms with E-state index in [2.05, 4.69) is 5.32 Å². The van der Waals surface area contributed by atoms with Gasteiger partial charge >= 0.3 is 12.2 Å². The number of benzene rings is 2. The molecule has 14 heteroatoms. The van der Waals surface area contributed by atoms with Crippen molar-refractivity contribution in [2.75, 3.05) is 19.6 Å². The Morgan fingerprint density at radius 1 is 0.940 bits per heavy atom. The fourth-order valence-corrected chi connectivity index (χ4v) is 5.54. The Kier molecular flexibility index (Phi) is 13.9. The highest BCUT2D eigenvalue weighted by molar-refractivity contribution is 5.97. The minimum absolute atomic E-state index is 0.0323. The maximum Gasteiger partial charge on any atom is 0.418 e. The van der Waals surface area contributed by atoms with Gasteiger partial charge < -0.3 is 36.3 Å². The molecule has 1 saturated heterocycles. The van der Waals surface area contributed by atoms with E-state index in [-0.39, 0.29) is 32.7 Å². The molecule has 0 aliphatic carbocycles. The van der Waals surface area contributed by atoms with Crippen molar-refractivity contribution < 1.29 is 38.6 Å². The van der Waals surface area contributed by atoms with Gasteiger partial charge in [0.2, 0.25) is 11.8 Å². The molecule has 5 amide bonds. The second-order valence-corrected chi connectivity index (χ2v) is 14.4. The lowest BCUT2D eigenvalue weighted by Gasteiger charge is -2.48. The summed E-state index contributed by atoms with van der Waals surface area (Å²) in [4.78, 5) is 70.8. The number of nitrogens with zero attached hydrogens (tertiary/aromatic N) is 3. The molecule has 0 saturated carbocycles. The van der Waals surface area contributed by atoms with Crippen LogP contribution < -0.4 is 16.8 Å². The van der Waals surface area contributed by atoms with Crippen LogP contribution in [0.25, 0.3) is 0 Å². The molecular formula is C36H52N6O8. The Balaban J connectivity index is 2.12. The van der Waals surface area contributed by atoms with Crippen LogP contribution in [0, 0.1) is 0 Å². The highest BCUT2D eigenvalue weighted by atomic mass is 16.6. The maximum absolute atomic E-state index is 14.1. The van der Waals surface area contributed by atoms with Crippen LogP contribution in [0.3, 0.4) is 0 Å². The van der Waals surface area contributed by atoms with Gasteiger partial charge in [0, 0.05) is 25.2 Å². The standard InChI is InChI=1S/C36H52N6O8/c1-35(2,3)39-30(45)27-22-40(33(47)50-36(4,5)6)19-20-41(27)31(28(43)18-17-24-13-9-7-10-14-24)42(32(46)26(37)21-29(38)44)34(48)49-23-25-15-11-8-12-16-25/h7-16,26-28,31,43H,17-23,37H2,1-6H3,(H2,38,44)(H,39,45)/t26-,27+,28+,31-/m0/s1. The van der Waals surface area contributed by atoms with Crippen molar-refractivity contribution in [3.63, 3.8) is 0 Å². The van der Waals surface area contributed by atoms with Crippen LogP contribution in [0.15, 0.2) is 60.7 Å². The third-order valence-electron chi connectivity index (χ3n) is 7.77. The molecule has 50 heavy (non-hydrogen) atoms. The van der Waals surface area contributed by atoms with E-state index >= 15 is 0 Å². The molecule has 2 aromatic rings. The number of rotatable bonds is 12. The van der Waals surface area contributed by atoms with Gasteiger partial charge in [-0.15, -0.1) is 0 Å². The number of hydrogen-bond donors (Lipinski definition) is 4. The molecule has 0 aromatic heterocycles. The van der Waals surface area contributed by atoms with Crippen molar-refractivity contribution in [1.29, 1.82) is 0 Å². The van der Waals surface area contributed by atoms with Crippen molar-refractivity contribution >= 4 is 29.9 Å². The first-order chi connectivity index (χ1) is 23.4. The van der Waals surface area contributed by atoms with Crippen LogP contribution in [-0.4, -0.2) is 105 Å². The number of imide groups is 1. The number of ether oxygens (including phenoxy) is 2. The van der Waals surface area contributed by atoms with Gasteiger partial charge in [-0.3, -0.25) is 19.3 Å². The molecule has 3 rings (SSSR count). The van der Waals surface area contributed by atoms with Gasteiger partial charge in [0.15, 0.2) is 0 Å². The van der Waals surface area contributed by atoms with Crippen molar-refractivity contribution in [3.8, 4) is 0 Å². The first-order valence-electron chi connectivity index (χ1n) is 16.7. The van der Waals surface area contributed by atoms with Crippen LogP contribution in [0.2, 0.25) is 0 Å². The monoisotopic (exact) mass is 696 g/mol. The molecule has 1 heterocycles. The van der Waals surface area contributed by atoms with E-state index in [1.165, 1.54) is 9.80 Å². The van der Waals surface area contributed by atoms with Gasteiger partial charge in [0.05, 0.1) is 18.6 Å². The molecule has 0 bridgehead atoms. The van der Waals surface area contributed by atoms with Gasteiger partial charge in [-0.1, -0.05) is 60.7 Å². The summed E-state index contributed by atoms with van der Waals surface area (Å²) >= 11 is 0. The molecular weight excluding hydrogens is 644 g/mol. The minimum Gasteiger partial charge on any atom is -0.444 e. The first-order valence-corrected chi connectivity index (χ1v) is 16.7. The van der Waals surface area contributed by atoms with Crippen molar-refractivity contribution in [3.05, 3.63) is 71.8 Å². The lowest BCUT2D eigenvalue weighted by Crippen LogP contribution is -2.70. The van der Waals surface area contributed by atoms with E-state index in [9.17, 15) is 29.1 Å². The summed E-state index contributed by atoms with van der Waals surface area (Å²) in [6.45, 7) is 10.1. The topological polar surface area (TPSA) is 198 Å². The summed E-state index contributed by atoms with van der Waals surface area (Å²) in [5.41, 5.74) is 11.5. The zero-order valence-electron chi connectivity index (χ0n) is 29.8. The van der Waals surface area contributed by atoms with Gasteiger partial charge in [-0.2, -0.15) is 0 Å². The average Bonchev–Trinajstić information content (AvgIpc) is 3.03. The Hall–Kier alpha value is -4.53. The fourth-order valence-electron chi connectivity index (χ4n) is 5.54. The van der Waals surface area contributed by atoms with Gasteiger partial charge in [-0.05, 0) is 65.5 Å². The third-order valence-corrected chi connectivity index (χ3v) is 7.77. The number of carbonyl (C=O) groups is 5. The number of hydrogen-bond acceptors (Lipinski definition) is 10. The predicted octanol–water partition coefficient (Wildman–Crippen LogP) is 2.51. The zero-order chi connectivity index (χ0) is 37.2. The van der Waals surface area contributed by atoms with Gasteiger partial charge in [-0.25, -0.2) is 14.5 Å². The number of aliphatic hydroxyl groups excluding tert-OH is 1. The summed E-state index contributed by atoms with van der Waals surface area (Å²) in [5.74, 6) is -2.43. The summed E-state index contributed by atoms with van der Waals surface area (Å²) in [6.07, 6.45) is -4.93. The largest absolute Gasteiger partial charge is 0.444 e. The molecule has 4 atom stereocenters. The second kappa shape index (κ2) is 17.4. The average molecular weight is 697 g/mol. The van der Waals surface area contributed by atoms with Crippen LogP contribution >= 0.6 is 0 Å². The zero-order valence-corrected chi connectivity index (χ0v) is 29.8. The summed E-state index contributed by atoms with van der Waals surface area (Å²) in [6, 6.07) is 15.3. The van der Waals surface area contributed by atoms with E-state index in [1.807, 2.05) is 30.3 Å². The molecule has 14 nitrogen and oxygen atoms in total. The maximum atomic E-state index is 14.1. The highest BCUT2D eigenvalue weighted by Gasteiger charge is 2.48. The molecule has 274 valence electrons. The number of aliphatic hydroxyl groups is 1. The Morgan fingerprint density at radius 2 is 1.52 bits per heavy atom. The lowest BCUT2D eigenvalue weighted by molar-refractivity contribution is -0.153. The molecule has 1 aliphatic heterocycles. The SMILES string of the molecule is CC(C)(C)NC(=O)[C@H]1CN(C(=O)OC(C)(C)C)CCN1[C@H]([C@H](O)CCc1ccccc1)N(C(=O)OCc1ccccc1)C(=O)[C@@H](N)CC(N)=O. The number of nitrogens with two attached hydrogens (primary N) is 2. The lowest BCUT2D eigenvalue weighted by atomic mass is 10.00. The molecule has 1 aliphatic rings. The number of piperazine rings is 1.